The third kappa shape index (κ3) is 5.82. The van der Waals surface area contributed by atoms with Crippen LogP contribution < -0.4 is 5.32 Å². The average Bonchev–Trinajstić information content (AvgIpc) is 3.42. The molecule has 8 heteroatoms. The zero-order chi connectivity index (χ0) is 27.0. The Balaban J connectivity index is 1.24. The first-order chi connectivity index (χ1) is 18.1. The predicted molar refractivity (Wildman–Crippen MR) is 151 cm³/mol. The van der Waals surface area contributed by atoms with Gasteiger partial charge in [0.2, 0.25) is 5.91 Å². The van der Waals surface area contributed by atoms with Crippen molar-refractivity contribution in [2.75, 3.05) is 32.5 Å². The van der Waals surface area contributed by atoms with Crippen LogP contribution >= 0.6 is 11.8 Å². The van der Waals surface area contributed by atoms with E-state index in [1.165, 1.54) is 37.7 Å². The van der Waals surface area contributed by atoms with E-state index in [9.17, 15) is 14.4 Å². The number of benzene rings is 1. The van der Waals surface area contributed by atoms with E-state index >= 15 is 0 Å². The molecule has 0 spiro atoms. The van der Waals surface area contributed by atoms with Crippen molar-refractivity contribution in [2.45, 2.75) is 94.7 Å². The molecule has 4 atom stereocenters. The Bertz CT molecular complexity index is 1030. The van der Waals surface area contributed by atoms with Crippen molar-refractivity contribution < 1.29 is 19.1 Å². The molecule has 1 aliphatic carbocycles. The second-order valence-corrected chi connectivity index (χ2v) is 13.8. The minimum atomic E-state index is -0.701. The SMILES string of the molecule is CS[C@H]1CN(C(=O)C(CC(C)(C)C)NC(=O)c2ccc(C3CCN(C4CCC4)CC3)cc2)[C@@H]2C(=O)CO[C@H]12. The smallest absolute Gasteiger partial charge is 0.251 e. The summed E-state index contributed by atoms with van der Waals surface area (Å²) < 4.78 is 5.74. The highest BCUT2D eigenvalue weighted by Gasteiger charge is 2.53. The monoisotopic (exact) mass is 541 g/mol. The number of ether oxygens (including phenoxy) is 1. The molecule has 7 nitrogen and oxygen atoms in total. The molecule has 0 radical (unpaired) electrons. The first-order valence-electron chi connectivity index (χ1n) is 14.3. The summed E-state index contributed by atoms with van der Waals surface area (Å²) in [5.41, 5.74) is 1.68. The molecule has 1 aromatic rings. The van der Waals surface area contributed by atoms with Gasteiger partial charge >= 0.3 is 0 Å². The summed E-state index contributed by atoms with van der Waals surface area (Å²) in [5.74, 6) is 0.0609. The summed E-state index contributed by atoms with van der Waals surface area (Å²) in [7, 11) is 0. The van der Waals surface area contributed by atoms with E-state index in [0.29, 0.717) is 24.4 Å². The topological polar surface area (TPSA) is 79.0 Å². The molecule has 3 aliphatic heterocycles. The number of piperidine rings is 1. The Hall–Kier alpha value is -1.90. The number of carbonyl (C=O) groups excluding carboxylic acids is 3. The molecule has 0 aromatic heterocycles. The van der Waals surface area contributed by atoms with Crippen LogP contribution in [-0.4, -0.2) is 89.4 Å². The van der Waals surface area contributed by atoms with Crippen molar-refractivity contribution in [3.05, 3.63) is 35.4 Å². The predicted octanol–water partition coefficient (Wildman–Crippen LogP) is 3.86. The van der Waals surface area contributed by atoms with Gasteiger partial charge in [-0.2, -0.15) is 11.8 Å². The lowest BCUT2D eigenvalue weighted by Gasteiger charge is -2.42. The average molecular weight is 542 g/mol. The van der Waals surface area contributed by atoms with Gasteiger partial charge in [-0.3, -0.25) is 14.4 Å². The van der Waals surface area contributed by atoms with Gasteiger partial charge in [0, 0.05) is 18.2 Å². The summed E-state index contributed by atoms with van der Waals surface area (Å²) in [4.78, 5) is 44.0. The summed E-state index contributed by atoms with van der Waals surface area (Å²) in [6, 6.07) is 7.52. The Kier molecular flexibility index (Phi) is 8.22. The van der Waals surface area contributed by atoms with E-state index < -0.39 is 12.1 Å². The normalized spacial score (nSPS) is 27.7. The number of Topliss-reactive ketones (excluding diaryl/α,β-unsaturated/α-hetero) is 1. The lowest BCUT2D eigenvalue weighted by atomic mass is 9.85. The first-order valence-corrected chi connectivity index (χ1v) is 15.6. The van der Waals surface area contributed by atoms with Gasteiger partial charge in [-0.1, -0.05) is 39.3 Å². The highest BCUT2D eigenvalue weighted by atomic mass is 32.2. The molecule has 5 rings (SSSR count). The van der Waals surface area contributed by atoms with Gasteiger partial charge in [-0.15, -0.1) is 0 Å². The zero-order valence-corrected chi connectivity index (χ0v) is 24.1. The fourth-order valence-electron chi connectivity index (χ4n) is 6.56. The number of thioether (sulfide) groups is 1. The van der Waals surface area contributed by atoms with E-state index in [-0.39, 0.29) is 41.0 Å². The van der Waals surface area contributed by atoms with Crippen molar-refractivity contribution in [1.29, 1.82) is 0 Å². The molecule has 2 amide bonds. The van der Waals surface area contributed by atoms with Crippen LogP contribution in [0.1, 0.15) is 81.1 Å². The van der Waals surface area contributed by atoms with Gasteiger partial charge in [-0.25, -0.2) is 0 Å². The highest BCUT2D eigenvalue weighted by Crippen LogP contribution is 2.35. The fourth-order valence-corrected chi connectivity index (χ4v) is 7.36. The van der Waals surface area contributed by atoms with Crippen LogP contribution in [0.2, 0.25) is 0 Å². The number of hydrogen-bond acceptors (Lipinski definition) is 6. The molecular formula is C30H43N3O4S. The molecule has 3 heterocycles. The van der Waals surface area contributed by atoms with Crippen molar-refractivity contribution in [2.24, 2.45) is 5.41 Å². The molecule has 3 saturated heterocycles. The van der Waals surface area contributed by atoms with Crippen molar-refractivity contribution in [3.8, 4) is 0 Å². The van der Waals surface area contributed by atoms with Crippen LogP contribution in [0, 0.1) is 5.41 Å². The van der Waals surface area contributed by atoms with Crippen LogP contribution in [0.15, 0.2) is 24.3 Å². The van der Waals surface area contributed by atoms with Crippen LogP contribution in [0.4, 0.5) is 0 Å². The molecule has 4 aliphatic rings. The summed E-state index contributed by atoms with van der Waals surface area (Å²) in [6.45, 7) is 9.03. The molecular weight excluding hydrogens is 498 g/mol. The van der Waals surface area contributed by atoms with Crippen LogP contribution in [-0.2, 0) is 14.3 Å². The number of fused-ring (bicyclic) bond motifs is 1. The highest BCUT2D eigenvalue weighted by molar-refractivity contribution is 7.99. The number of nitrogens with zero attached hydrogens (tertiary/aromatic N) is 2. The van der Waals surface area contributed by atoms with Gasteiger partial charge in [-0.05, 0) is 80.5 Å². The second kappa shape index (κ2) is 11.3. The van der Waals surface area contributed by atoms with Crippen LogP contribution in [0.3, 0.4) is 0 Å². The van der Waals surface area contributed by atoms with E-state index in [4.69, 9.17) is 4.74 Å². The minimum Gasteiger partial charge on any atom is -0.367 e. The van der Waals surface area contributed by atoms with Gasteiger partial charge in [0.05, 0.1) is 11.4 Å². The largest absolute Gasteiger partial charge is 0.367 e. The van der Waals surface area contributed by atoms with Gasteiger partial charge in [0.15, 0.2) is 5.78 Å². The van der Waals surface area contributed by atoms with Crippen molar-refractivity contribution in [3.63, 3.8) is 0 Å². The fraction of sp³-hybridized carbons (Fsp3) is 0.700. The summed E-state index contributed by atoms with van der Waals surface area (Å²) in [5, 5.41) is 3.09. The van der Waals surface area contributed by atoms with E-state index in [2.05, 4.69) is 43.1 Å². The standard InChI is InChI=1S/C30H43N3O4S/c1-30(2,3)16-23(29(36)33-17-25(38-4)27-26(33)24(34)18-37-27)31-28(35)21-10-8-19(9-11-21)20-12-14-32(15-13-20)22-6-5-7-22/h8-11,20,22-23,25-27H,5-7,12-18H2,1-4H3,(H,31,35)/t23?,25-,26+,27+/m0/s1. The number of hydrogen-bond donors (Lipinski definition) is 1. The maximum Gasteiger partial charge on any atom is 0.251 e. The van der Waals surface area contributed by atoms with E-state index in [0.717, 1.165) is 19.1 Å². The Morgan fingerprint density at radius 3 is 2.37 bits per heavy atom. The maximum atomic E-state index is 13.8. The number of nitrogens with one attached hydrogen (secondary N) is 1. The van der Waals surface area contributed by atoms with Crippen molar-refractivity contribution >= 4 is 29.4 Å². The quantitative estimate of drug-likeness (QED) is 0.565. The Labute approximate surface area is 231 Å². The van der Waals surface area contributed by atoms with Crippen LogP contribution in [0.5, 0.6) is 0 Å². The second-order valence-electron chi connectivity index (χ2n) is 12.8. The Morgan fingerprint density at radius 1 is 1.11 bits per heavy atom. The number of ketones is 1. The lowest BCUT2D eigenvalue weighted by molar-refractivity contribution is -0.138. The third-order valence-electron chi connectivity index (χ3n) is 8.91. The minimum absolute atomic E-state index is 0.0464. The molecule has 1 aromatic carbocycles. The number of amides is 2. The molecule has 1 unspecified atom stereocenters. The summed E-state index contributed by atoms with van der Waals surface area (Å²) in [6.07, 6.45) is 8.63. The molecule has 1 N–H and O–H groups in total. The first kappa shape index (κ1) is 27.7. The van der Waals surface area contributed by atoms with Gasteiger partial charge < -0.3 is 19.9 Å². The van der Waals surface area contributed by atoms with E-state index in [1.807, 2.05) is 18.4 Å². The molecule has 0 bridgehead atoms. The number of rotatable bonds is 7. The van der Waals surface area contributed by atoms with Crippen LogP contribution in [0.25, 0.3) is 0 Å². The maximum absolute atomic E-state index is 13.8. The lowest BCUT2D eigenvalue weighted by Crippen LogP contribution is -2.53. The number of carbonyl (C=O) groups is 3. The van der Waals surface area contributed by atoms with Crippen molar-refractivity contribution in [1.82, 2.24) is 15.1 Å². The van der Waals surface area contributed by atoms with Gasteiger partial charge in [0.25, 0.3) is 5.91 Å². The van der Waals surface area contributed by atoms with E-state index in [1.54, 1.807) is 16.7 Å². The molecule has 208 valence electrons. The molecule has 1 saturated carbocycles. The third-order valence-corrected chi connectivity index (χ3v) is 9.93. The zero-order valence-electron chi connectivity index (χ0n) is 23.3. The molecule has 38 heavy (non-hydrogen) atoms. The molecule has 4 fully saturated rings. The van der Waals surface area contributed by atoms with Gasteiger partial charge in [0.1, 0.15) is 18.7 Å². The number of likely N-dealkylation sites (tertiary alicyclic amines) is 2. The Morgan fingerprint density at radius 2 is 1.79 bits per heavy atom. The summed E-state index contributed by atoms with van der Waals surface area (Å²) >= 11 is 1.62.